The van der Waals surface area contributed by atoms with Gasteiger partial charge in [0.05, 0.1) is 12.6 Å². The molecule has 210 valence electrons. The van der Waals surface area contributed by atoms with Crippen molar-refractivity contribution in [1.29, 1.82) is 0 Å². The van der Waals surface area contributed by atoms with Crippen LogP contribution in [0.25, 0.3) is 76.8 Å². The Morgan fingerprint density at radius 2 is 1.33 bits per heavy atom. The summed E-state index contributed by atoms with van der Waals surface area (Å²) in [6.07, 6.45) is 0. The van der Waals surface area contributed by atoms with Gasteiger partial charge in [0.25, 0.3) is 5.95 Å². The topological polar surface area (TPSA) is 51.4 Å². The van der Waals surface area contributed by atoms with Crippen LogP contribution in [0.5, 0.6) is 5.75 Å². The van der Waals surface area contributed by atoms with Gasteiger partial charge in [-0.15, -0.1) is 5.06 Å². The van der Waals surface area contributed by atoms with Crippen molar-refractivity contribution in [2.45, 2.75) is 0 Å². The van der Waals surface area contributed by atoms with Gasteiger partial charge in [-0.1, -0.05) is 121 Å². The molecule has 1 aliphatic heterocycles. The molecule has 0 spiro atoms. The van der Waals surface area contributed by atoms with Crippen LogP contribution in [0.4, 0.5) is 11.6 Å². The summed E-state index contributed by atoms with van der Waals surface area (Å²) in [4.78, 5) is 17.2. The maximum absolute atomic E-state index is 8.43. The summed E-state index contributed by atoms with van der Waals surface area (Å²) in [6.45, 7) is 0. The molecule has 9 aromatic rings. The molecular formula is C40H23N3O2. The largest absolute Gasteiger partial charge is 0.454 e. The van der Waals surface area contributed by atoms with Gasteiger partial charge in [0, 0.05) is 32.8 Å². The van der Waals surface area contributed by atoms with E-state index in [1.165, 1.54) is 0 Å². The second-order valence-corrected chi connectivity index (χ2v) is 11.3. The van der Waals surface area contributed by atoms with Crippen molar-refractivity contribution in [1.82, 2.24) is 9.97 Å². The summed E-state index contributed by atoms with van der Waals surface area (Å²) in [5.74, 6) is 1.11. The first kappa shape index (κ1) is 23.3. The number of hydrogen-bond acceptors (Lipinski definition) is 5. The third-order valence-electron chi connectivity index (χ3n) is 8.80. The van der Waals surface area contributed by atoms with Crippen molar-refractivity contribution < 1.29 is 10.6 Å². The van der Waals surface area contributed by atoms with Crippen LogP contribution in [-0.2, 0) is 0 Å². The van der Waals surface area contributed by atoms with Gasteiger partial charge in [-0.2, -0.15) is 0 Å². The highest BCUT2D eigenvalue weighted by atomic mass is 16.7. The van der Waals surface area contributed by atoms with Crippen LogP contribution < -0.4 is 9.90 Å². The Hall–Kier alpha value is -6.20. The molecule has 45 heavy (non-hydrogen) atoms. The van der Waals surface area contributed by atoms with Crippen LogP contribution in [0, 0.1) is 0 Å². The van der Waals surface area contributed by atoms with Crippen molar-refractivity contribution in [3.63, 3.8) is 0 Å². The standard InChI is InChI=1S/C40H23N3O2/c1-2-13-25(14-3-1)37-29-18-8-10-20-31(29)41-40(42-37)43-38-36(35-26-15-5-4-12-24(26)22-23-33(35)45-43)28-17-7-6-16-27(28)34-30-19-9-11-21-32(30)44-39(34)38/h1-23H/i9D. The maximum Gasteiger partial charge on any atom is 0.265 e. The first-order valence-corrected chi connectivity index (χ1v) is 14.9. The minimum Gasteiger partial charge on any atom is -0.454 e. The molecule has 0 fully saturated rings. The van der Waals surface area contributed by atoms with E-state index in [2.05, 4.69) is 72.8 Å². The molecule has 1 aliphatic rings. The monoisotopic (exact) mass is 578 g/mol. The molecule has 0 aliphatic carbocycles. The molecule has 0 unspecified atom stereocenters. The molecule has 0 saturated heterocycles. The van der Waals surface area contributed by atoms with Crippen LogP contribution in [0.3, 0.4) is 0 Å². The number of anilines is 2. The van der Waals surface area contributed by atoms with E-state index in [-0.39, 0.29) is 0 Å². The zero-order valence-corrected chi connectivity index (χ0v) is 23.9. The van der Waals surface area contributed by atoms with Crippen LogP contribution in [0.1, 0.15) is 1.37 Å². The lowest BCUT2D eigenvalue weighted by atomic mass is 9.89. The molecule has 0 amide bonds. The minimum atomic E-state index is 0.399. The van der Waals surface area contributed by atoms with E-state index >= 15 is 0 Å². The number of fused-ring (bicyclic) bond motifs is 13. The number of hydrogen-bond donors (Lipinski definition) is 0. The fourth-order valence-electron chi connectivity index (χ4n) is 6.87. The van der Waals surface area contributed by atoms with Crippen molar-refractivity contribution in [2.75, 3.05) is 5.06 Å². The van der Waals surface area contributed by atoms with Crippen LogP contribution in [0.2, 0.25) is 0 Å². The lowest BCUT2D eigenvalue weighted by Gasteiger charge is -2.32. The molecule has 10 rings (SSSR count). The van der Waals surface area contributed by atoms with Gasteiger partial charge < -0.3 is 9.25 Å². The molecule has 2 aromatic heterocycles. The lowest BCUT2D eigenvalue weighted by Crippen LogP contribution is -2.28. The molecule has 0 N–H and O–H groups in total. The molecule has 3 heterocycles. The number of benzene rings is 7. The summed E-state index contributed by atoms with van der Waals surface area (Å²) >= 11 is 0. The average molecular weight is 579 g/mol. The minimum absolute atomic E-state index is 0.399. The molecule has 0 bridgehead atoms. The number of nitrogens with zero attached hydrogens (tertiary/aromatic N) is 3. The van der Waals surface area contributed by atoms with E-state index in [0.717, 1.165) is 71.3 Å². The zero-order valence-electron chi connectivity index (χ0n) is 24.9. The molecular weight excluding hydrogens is 554 g/mol. The van der Waals surface area contributed by atoms with Crippen molar-refractivity contribution in [2.24, 2.45) is 0 Å². The Balaban J connectivity index is 1.39. The fourth-order valence-corrected chi connectivity index (χ4v) is 6.87. The molecule has 5 nitrogen and oxygen atoms in total. The van der Waals surface area contributed by atoms with Crippen LogP contribution in [0.15, 0.2) is 144 Å². The third-order valence-corrected chi connectivity index (χ3v) is 8.80. The number of para-hydroxylation sites is 2. The van der Waals surface area contributed by atoms with Crippen LogP contribution >= 0.6 is 0 Å². The summed E-state index contributed by atoms with van der Waals surface area (Å²) in [6, 6.07) is 45.1. The van der Waals surface area contributed by atoms with E-state index < -0.39 is 0 Å². The predicted molar refractivity (Wildman–Crippen MR) is 182 cm³/mol. The Bertz CT molecular complexity index is 2700. The van der Waals surface area contributed by atoms with Gasteiger partial charge in [-0.25, -0.2) is 9.97 Å². The van der Waals surface area contributed by atoms with Crippen molar-refractivity contribution in [3.05, 3.63) is 140 Å². The number of rotatable bonds is 2. The van der Waals surface area contributed by atoms with Gasteiger partial charge in [0.2, 0.25) is 0 Å². The van der Waals surface area contributed by atoms with E-state index in [1.807, 2.05) is 54.6 Å². The highest BCUT2D eigenvalue weighted by molar-refractivity contribution is 6.29. The Labute approximate surface area is 258 Å². The Morgan fingerprint density at radius 3 is 2.22 bits per heavy atom. The second kappa shape index (κ2) is 9.15. The first-order chi connectivity index (χ1) is 22.7. The maximum atomic E-state index is 8.43. The van der Waals surface area contributed by atoms with E-state index in [0.29, 0.717) is 28.9 Å². The van der Waals surface area contributed by atoms with Gasteiger partial charge in [-0.3, -0.25) is 0 Å². The summed E-state index contributed by atoms with van der Waals surface area (Å²) in [5, 5.41) is 8.81. The summed E-state index contributed by atoms with van der Waals surface area (Å²) < 4.78 is 15.2. The van der Waals surface area contributed by atoms with Crippen molar-refractivity contribution >= 4 is 66.0 Å². The third kappa shape index (κ3) is 3.43. The Morgan fingerprint density at radius 1 is 0.578 bits per heavy atom. The SMILES string of the molecule is [2H]c1ccc2oc3c4c(c5ccccc5c3c2c1)-c1c(ccc2ccccc12)ON4c1nc(-c2ccccc2)c2ccccc2n1. The van der Waals surface area contributed by atoms with E-state index in [4.69, 9.17) is 20.6 Å². The zero-order chi connectivity index (χ0) is 30.4. The normalized spacial score (nSPS) is 12.9. The smallest absolute Gasteiger partial charge is 0.265 e. The summed E-state index contributed by atoms with van der Waals surface area (Å²) in [5.41, 5.74) is 6.69. The van der Waals surface area contributed by atoms with Crippen LogP contribution in [-0.4, -0.2) is 9.97 Å². The highest BCUT2D eigenvalue weighted by Gasteiger charge is 2.35. The number of aromatic nitrogens is 2. The second-order valence-electron chi connectivity index (χ2n) is 11.3. The first-order valence-electron chi connectivity index (χ1n) is 15.4. The van der Waals surface area contributed by atoms with E-state index in [9.17, 15) is 0 Å². The molecule has 0 atom stereocenters. The molecule has 0 radical (unpaired) electrons. The lowest BCUT2D eigenvalue weighted by molar-refractivity contribution is 0.315. The molecule has 7 aromatic carbocycles. The Kier molecular flexibility index (Phi) is 4.73. The fraction of sp³-hybridized carbons (Fsp3) is 0. The number of furan rings is 1. The average Bonchev–Trinajstić information content (AvgIpc) is 3.49. The summed E-state index contributed by atoms with van der Waals surface area (Å²) in [7, 11) is 0. The van der Waals surface area contributed by atoms with Gasteiger partial charge in [-0.05, 0) is 39.7 Å². The van der Waals surface area contributed by atoms with Gasteiger partial charge >= 0.3 is 0 Å². The van der Waals surface area contributed by atoms with E-state index in [1.54, 1.807) is 11.1 Å². The quantitative estimate of drug-likeness (QED) is 0.204. The molecule has 5 heteroatoms. The predicted octanol–water partition coefficient (Wildman–Crippen LogP) is 10.6. The van der Waals surface area contributed by atoms with Gasteiger partial charge in [0.15, 0.2) is 11.3 Å². The molecule has 0 saturated carbocycles. The van der Waals surface area contributed by atoms with Crippen molar-refractivity contribution in [3.8, 4) is 28.1 Å². The highest BCUT2D eigenvalue weighted by Crippen LogP contribution is 2.55. The van der Waals surface area contributed by atoms with Gasteiger partial charge in [0.1, 0.15) is 11.3 Å².